The fourth-order valence-electron chi connectivity index (χ4n) is 2.08. The number of rotatable bonds is 8. The summed E-state index contributed by atoms with van der Waals surface area (Å²) in [5.74, 6) is 1.32. The van der Waals surface area contributed by atoms with Crippen molar-refractivity contribution < 1.29 is 23.0 Å². The summed E-state index contributed by atoms with van der Waals surface area (Å²) in [6.07, 6.45) is 0.754. The van der Waals surface area contributed by atoms with Crippen LogP contribution in [0.4, 0.5) is 8.78 Å². The van der Waals surface area contributed by atoms with Crippen LogP contribution < -0.4 is 15.4 Å². The smallest absolute Gasteiger partial charge is 0.387 e. The highest BCUT2D eigenvalue weighted by atomic mass is 127. The zero-order valence-electron chi connectivity index (χ0n) is 14.2. The van der Waals surface area contributed by atoms with Crippen LogP contribution in [0.25, 0.3) is 0 Å². The topological polar surface area (TPSA) is 79.0 Å². The average molecular weight is 481 g/mol. The molecule has 1 aromatic heterocycles. The van der Waals surface area contributed by atoms with Crippen molar-refractivity contribution in [2.45, 2.75) is 26.2 Å². The first kappa shape index (κ1) is 22.2. The van der Waals surface area contributed by atoms with Gasteiger partial charge in [0.2, 0.25) is 0 Å². The van der Waals surface area contributed by atoms with E-state index in [9.17, 15) is 13.9 Å². The molecule has 0 aliphatic heterocycles. The van der Waals surface area contributed by atoms with E-state index in [-0.39, 0.29) is 36.3 Å². The number of benzene rings is 1. The first-order valence-corrected chi connectivity index (χ1v) is 7.86. The molecule has 0 saturated heterocycles. The van der Waals surface area contributed by atoms with Gasteiger partial charge in [0.25, 0.3) is 0 Å². The summed E-state index contributed by atoms with van der Waals surface area (Å²) in [4.78, 5) is 4.35. The summed E-state index contributed by atoms with van der Waals surface area (Å²) in [5, 5.41) is 16.3. The van der Waals surface area contributed by atoms with Gasteiger partial charge in [0.15, 0.2) is 5.96 Å². The molecule has 2 rings (SSSR count). The first-order valence-electron chi connectivity index (χ1n) is 7.86. The van der Waals surface area contributed by atoms with Crippen molar-refractivity contribution in [3.05, 3.63) is 54.0 Å². The Kier molecular flexibility index (Phi) is 9.96. The van der Waals surface area contributed by atoms with Crippen molar-refractivity contribution in [2.75, 3.05) is 13.1 Å². The molecule has 0 aliphatic rings. The second kappa shape index (κ2) is 11.7. The van der Waals surface area contributed by atoms with Gasteiger partial charge in [-0.2, -0.15) is 8.78 Å². The van der Waals surface area contributed by atoms with E-state index in [0.29, 0.717) is 24.6 Å². The van der Waals surface area contributed by atoms with E-state index in [4.69, 9.17) is 4.42 Å². The Labute approximate surface area is 167 Å². The molecule has 1 unspecified atom stereocenters. The van der Waals surface area contributed by atoms with Crippen LogP contribution in [0.1, 0.15) is 24.4 Å². The molecule has 2 aromatic rings. The van der Waals surface area contributed by atoms with Crippen LogP contribution in [-0.4, -0.2) is 30.8 Å². The van der Waals surface area contributed by atoms with Gasteiger partial charge in [-0.1, -0.05) is 12.1 Å². The largest absolute Gasteiger partial charge is 0.467 e. The maximum absolute atomic E-state index is 12.1. The normalized spacial score (nSPS) is 12.4. The van der Waals surface area contributed by atoms with Gasteiger partial charge >= 0.3 is 6.61 Å². The van der Waals surface area contributed by atoms with Crippen molar-refractivity contribution in [2.24, 2.45) is 4.99 Å². The minimum atomic E-state index is -2.87. The lowest BCUT2D eigenvalue weighted by Gasteiger charge is -2.16. The third kappa shape index (κ3) is 7.56. The molecule has 0 fully saturated rings. The summed E-state index contributed by atoms with van der Waals surface area (Å²) in [6, 6.07) is 9.47. The van der Waals surface area contributed by atoms with E-state index in [1.165, 1.54) is 24.3 Å². The second-order valence-electron chi connectivity index (χ2n) is 5.12. The van der Waals surface area contributed by atoms with Gasteiger partial charge < -0.3 is 24.9 Å². The molecule has 26 heavy (non-hydrogen) atoms. The Bertz CT molecular complexity index is 652. The Balaban J connectivity index is 0.00000338. The van der Waals surface area contributed by atoms with E-state index < -0.39 is 12.7 Å². The number of aliphatic hydroxyl groups excluding tert-OH is 1. The summed E-state index contributed by atoms with van der Waals surface area (Å²) >= 11 is 0. The fraction of sp³-hybridized carbons (Fsp3) is 0.353. The van der Waals surface area contributed by atoms with E-state index in [1.807, 2.05) is 13.0 Å². The minimum Gasteiger partial charge on any atom is -0.467 e. The predicted molar refractivity (Wildman–Crippen MR) is 105 cm³/mol. The Morgan fingerprint density at radius 1 is 1.23 bits per heavy atom. The van der Waals surface area contributed by atoms with Crippen molar-refractivity contribution in [1.29, 1.82) is 0 Å². The van der Waals surface area contributed by atoms with Gasteiger partial charge in [0.1, 0.15) is 18.1 Å². The van der Waals surface area contributed by atoms with E-state index in [2.05, 4.69) is 20.4 Å². The van der Waals surface area contributed by atoms with Crippen molar-refractivity contribution in [3.63, 3.8) is 0 Å². The predicted octanol–water partition coefficient (Wildman–Crippen LogP) is 3.29. The van der Waals surface area contributed by atoms with Gasteiger partial charge in [0.05, 0.1) is 12.4 Å². The van der Waals surface area contributed by atoms with Crippen LogP contribution in [-0.2, 0) is 6.54 Å². The van der Waals surface area contributed by atoms with Crippen LogP contribution >= 0.6 is 24.0 Å². The van der Waals surface area contributed by atoms with Gasteiger partial charge in [-0.15, -0.1) is 24.0 Å². The number of nitrogens with one attached hydrogen (secondary N) is 2. The Morgan fingerprint density at radius 3 is 2.54 bits per heavy atom. The highest BCUT2D eigenvalue weighted by Gasteiger charge is 2.10. The van der Waals surface area contributed by atoms with Crippen LogP contribution in [0.5, 0.6) is 5.75 Å². The number of ether oxygens (including phenoxy) is 1. The molecule has 9 heteroatoms. The lowest BCUT2D eigenvalue weighted by Crippen LogP contribution is -2.39. The first-order chi connectivity index (χ1) is 12.1. The summed E-state index contributed by atoms with van der Waals surface area (Å²) in [7, 11) is 0. The van der Waals surface area contributed by atoms with Crippen molar-refractivity contribution in [1.82, 2.24) is 10.6 Å². The minimum absolute atomic E-state index is 0. The number of hydrogen-bond donors (Lipinski definition) is 3. The van der Waals surface area contributed by atoms with Crippen LogP contribution in [0, 0.1) is 0 Å². The zero-order valence-corrected chi connectivity index (χ0v) is 16.5. The van der Waals surface area contributed by atoms with Gasteiger partial charge in [0, 0.05) is 13.1 Å². The Hall–Kier alpha value is -1.88. The summed E-state index contributed by atoms with van der Waals surface area (Å²) in [6.45, 7) is 0.310. The number of guanidine groups is 1. The zero-order chi connectivity index (χ0) is 18.1. The maximum Gasteiger partial charge on any atom is 0.387 e. The number of halogens is 3. The number of aliphatic imine (C=N–C) groups is 1. The van der Waals surface area contributed by atoms with Crippen molar-refractivity contribution >= 4 is 29.9 Å². The third-order valence-corrected chi connectivity index (χ3v) is 3.27. The number of aliphatic hydroxyl groups is 1. The molecular weight excluding hydrogens is 459 g/mol. The maximum atomic E-state index is 12.1. The monoisotopic (exact) mass is 481 g/mol. The molecule has 1 heterocycles. The molecule has 0 amide bonds. The average Bonchev–Trinajstić information content (AvgIpc) is 3.10. The fourth-order valence-corrected chi connectivity index (χ4v) is 2.08. The molecule has 6 nitrogen and oxygen atoms in total. The van der Waals surface area contributed by atoms with Crippen molar-refractivity contribution in [3.8, 4) is 5.75 Å². The number of hydrogen-bond acceptors (Lipinski definition) is 4. The highest BCUT2D eigenvalue weighted by molar-refractivity contribution is 14.0. The van der Waals surface area contributed by atoms with Gasteiger partial charge in [-0.25, -0.2) is 4.99 Å². The van der Waals surface area contributed by atoms with Crippen LogP contribution in [0.15, 0.2) is 52.1 Å². The molecule has 1 aromatic carbocycles. The third-order valence-electron chi connectivity index (χ3n) is 3.27. The number of furan rings is 1. The molecule has 1 atom stereocenters. The lowest BCUT2D eigenvalue weighted by atomic mass is 10.1. The standard InChI is InChI=1S/C17H21F2N3O3.HI/c1-2-20-17(21-10-14-4-3-9-24-14)22-11-15(23)12-5-7-13(8-6-12)25-16(18)19;/h3-9,15-16,23H,2,10-11H2,1H3,(H2,20,21,22);1H. The SMILES string of the molecule is CCNC(=NCc1ccco1)NCC(O)c1ccc(OC(F)F)cc1.I. The second-order valence-corrected chi connectivity index (χ2v) is 5.12. The summed E-state index contributed by atoms with van der Waals surface area (Å²) < 4.78 is 33.8. The highest BCUT2D eigenvalue weighted by Crippen LogP contribution is 2.18. The molecule has 144 valence electrons. The van der Waals surface area contributed by atoms with Crippen LogP contribution in [0.3, 0.4) is 0 Å². The van der Waals surface area contributed by atoms with E-state index in [0.717, 1.165) is 5.76 Å². The lowest BCUT2D eigenvalue weighted by molar-refractivity contribution is -0.0498. The molecule has 0 radical (unpaired) electrons. The van der Waals surface area contributed by atoms with E-state index in [1.54, 1.807) is 12.3 Å². The molecule has 0 saturated carbocycles. The van der Waals surface area contributed by atoms with Gasteiger partial charge in [-0.3, -0.25) is 0 Å². The molecular formula is C17H22F2IN3O3. The Morgan fingerprint density at radius 2 is 1.96 bits per heavy atom. The number of alkyl halides is 2. The van der Waals surface area contributed by atoms with E-state index >= 15 is 0 Å². The molecule has 0 spiro atoms. The molecule has 0 bridgehead atoms. The molecule has 3 N–H and O–H groups in total. The van der Waals surface area contributed by atoms with Crippen LogP contribution in [0.2, 0.25) is 0 Å². The molecule has 0 aliphatic carbocycles. The summed E-state index contributed by atoms with van der Waals surface area (Å²) in [5.41, 5.74) is 0.580. The number of nitrogens with zero attached hydrogens (tertiary/aromatic N) is 1. The quantitative estimate of drug-likeness (QED) is 0.307. The van der Waals surface area contributed by atoms with Gasteiger partial charge in [-0.05, 0) is 36.8 Å².